The van der Waals surface area contributed by atoms with Gasteiger partial charge in [-0.2, -0.15) is 0 Å². The summed E-state index contributed by atoms with van der Waals surface area (Å²) in [6.07, 6.45) is 0. The van der Waals surface area contributed by atoms with Crippen LogP contribution in [-0.2, 0) is 0 Å². The van der Waals surface area contributed by atoms with Crippen LogP contribution in [0.25, 0.3) is 33.4 Å². The van der Waals surface area contributed by atoms with Gasteiger partial charge in [0, 0.05) is 25.5 Å². The van der Waals surface area contributed by atoms with Crippen LogP contribution in [0.3, 0.4) is 0 Å². The van der Waals surface area contributed by atoms with E-state index in [4.69, 9.17) is 4.42 Å². The molecule has 0 aliphatic rings. The Hall–Kier alpha value is -2.07. The van der Waals surface area contributed by atoms with Gasteiger partial charge in [0.2, 0.25) is 0 Å². The molecule has 0 saturated carbocycles. The summed E-state index contributed by atoms with van der Waals surface area (Å²) < 4.78 is 7.50. The van der Waals surface area contributed by atoms with Crippen molar-refractivity contribution in [2.75, 3.05) is 0 Å². The van der Waals surface area contributed by atoms with Crippen molar-refractivity contribution in [1.82, 2.24) is 0 Å². The molecular weight excluding hydrogens is 383 g/mol. The second-order valence-electron chi connectivity index (χ2n) is 5.18. The zero-order valence-electron chi connectivity index (χ0n) is 11.8. The number of halogens is 1. The molecule has 0 unspecified atom stereocenters. The van der Waals surface area contributed by atoms with Crippen LogP contribution in [0, 0.1) is 3.57 Å². The third kappa shape index (κ3) is 2.33. The summed E-state index contributed by atoms with van der Waals surface area (Å²) in [6.45, 7) is 0. The van der Waals surface area contributed by atoms with Gasteiger partial charge >= 0.3 is 0 Å². The van der Waals surface area contributed by atoms with Crippen molar-refractivity contribution in [3.05, 3.63) is 82.4 Å². The highest BCUT2D eigenvalue weighted by Crippen LogP contribution is 2.39. The molecule has 1 aromatic heterocycles. The van der Waals surface area contributed by atoms with Gasteiger partial charge in [0.25, 0.3) is 0 Å². The minimum atomic E-state index is 0.936. The van der Waals surface area contributed by atoms with Crippen molar-refractivity contribution in [3.63, 3.8) is 0 Å². The highest BCUT2D eigenvalue weighted by molar-refractivity contribution is 14.1. The molecule has 106 valence electrons. The third-order valence-electron chi connectivity index (χ3n) is 3.75. The Kier molecular flexibility index (Phi) is 3.47. The van der Waals surface area contributed by atoms with Crippen molar-refractivity contribution >= 4 is 33.4 Å². The fourth-order valence-corrected chi connectivity index (χ4v) is 3.21. The Labute approximate surface area is 142 Å². The minimum absolute atomic E-state index is 0.936. The van der Waals surface area contributed by atoms with Crippen LogP contribution in [-0.4, -0.2) is 0 Å². The van der Waals surface area contributed by atoms with Gasteiger partial charge in [-0.05, 0) is 40.8 Å². The Bertz CT molecular complexity index is 924. The average Bonchev–Trinajstić information content (AvgIpc) is 2.95. The van der Waals surface area contributed by atoms with E-state index in [1.165, 1.54) is 3.57 Å². The molecule has 1 nitrogen and oxygen atoms in total. The standard InChI is InChI=1S/C20H13IO/c21-16-11-12-17-18(13-16)20(15-9-5-2-6-10-15)22-19(17)14-7-3-1-4-8-14/h1-13H. The monoisotopic (exact) mass is 396 g/mol. The maximum Gasteiger partial charge on any atom is 0.142 e. The summed E-state index contributed by atoms with van der Waals surface area (Å²) in [5.41, 5.74) is 2.22. The Balaban J connectivity index is 2.04. The molecule has 0 amide bonds. The SMILES string of the molecule is Ic1ccc2c(-c3ccccc3)oc(-c3ccccc3)c2c1. The Morgan fingerprint density at radius 3 is 1.73 bits per heavy atom. The molecule has 1 heterocycles. The Morgan fingerprint density at radius 1 is 0.591 bits per heavy atom. The van der Waals surface area contributed by atoms with Crippen molar-refractivity contribution in [2.45, 2.75) is 0 Å². The van der Waals surface area contributed by atoms with E-state index in [1.54, 1.807) is 0 Å². The molecule has 0 bridgehead atoms. The molecule has 0 aliphatic carbocycles. The fourth-order valence-electron chi connectivity index (χ4n) is 2.72. The first-order valence-electron chi connectivity index (χ1n) is 7.16. The van der Waals surface area contributed by atoms with Crippen molar-refractivity contribution in [3.8, 4) is 22.6 Å². The summed E-state index contributed by atoms with van der Waals surface area (Å²) in [4.78, 5) is 0. The van der Waals surface area contributed by atoms with Gasteiger partial charge in [0.05, 0.1) is 0 Å². The van der Waals surface area contributed by atoms with Crippen LogP contribution in [0.2, 0.25) is 0 Å². The number of rotatable bonds is 2. The topological polar surface area (TPSA) is 13.1 Å². The van der Waals surface area contributed by atoms with E-state index in [1.807, 2.05) is 36.4 Å². The molecule has 0 atom stereocenters. The lowest BCUT2D eigenvalue weighted by Gasteiger charge is -1.98. The first kappa shape index (κ1) is 13.6. The predicted octanol–water partition coefficient (Wildman–Crippen LogP) is 6.37. The lowest BCUT2D eigenvalue weighted by Crippen LogP contribution is -1.76. The zero-order chi connectivity index (χ0) is 14.9. The number of furan rings is 1. The molecule has 0 radical (unpaired) electrons. The largest absolute Gasteiger partial charge is 0.455 e. The lowest BCUT2D eigenvalue weighted by molar-refractivity contribution is 0.602. The summed E-state index contributed by atoms with van der Waals surface area (Å²) in [5.74, 6) is 1.87. The van der Waals surface area contributed by atoms with Crippen LogP contribution in [0.4, 0.5) is 0 Å². The first-order chi connectivity index (χ1) is 10.8. The van der Waals surface area contributed by atoms with Crippen LogP contribution < -0.4 is 0 Å². The number of fused-ring (bicyclic) bond motifs is 1. The van der Waals surface area contributed by atoms with Gasteiger partial charge in [0.1, 0.15) is 11.5 Å². The molecule has 22 heavy (non-hydrogen) atoms. The molecule has 0 fully saturated rings. The maximum atomic E-state index is 6.29. The minimum Gasteiger partial charge on any atom is -0.455 e. The first-order valence-corrected chi connectivity index (χ1v) is 8.24. The predicted molar refractivity (Wildman–Crippen MR) is 99.8 cm³/mol. The molecule has 0 spiro atoms. The summed E-state index contributed by atoms with van der Waals surface area (Å²) in [7, 11) is 0. The molecular formula is C20H13IO. The number of benzene rings is 3. The molecule has 4 aromatic rings. The number of hydrogen-bond acceptors (Lipinski definition) is 1. The van der Waals surface area contributed by atoms with E-state index in [-0.39, 0.29) is 0 Å². The summed E-state index contributed by atoms with van der Waals surface area (Å²) in [5, 5.41) is 2.32. The van der Waals surface area contributed by atoms with Gasteiger partial charge in [-0.3, -0.25) is 0 Å². The van der Waals surface area contributed by atoms with Crippen molar-refractivity contribution in [1.29, 1.82) is 0 Å². The van der Waals surface area contributed by atoms with E-state index in [2.05, 4.69) is 65.1 Å². The second kappa shape index (κ2) is 5.61. The van der Waals surface area contributed by atoms with Crippen molar-refractivity contribution in [2.24, 2.45) is 0 Å². The van der Waals surface area contributed by atoms with Crippen molar-refractivity contribution < 1.29 is 4.42 Å². The van der Waals surface area contributed by atoms with Gasteiger partial charge in [-0.1, -0.05) is 60.7 Å². The maximum absolute atomic E-state index is 6.29. The van der Waals surface area contributed by atoms with Gasteiger partial charge < -0.3 is 4.42 Å². The van der Waals surface area contributed by atoms with E-state index in [0.29, 0.717) is 0 Å². The molecule has 0 saturated heterocycles. The number of hydrogen-bond donors (Lipinski definition) is 0. The van der Waals surface area contributed by atoms with E-state index >= 15 is 0 Å². The second-order valence-corrected chi connectivity index (χ2v) is 6.43. The quantitative estimate of drug-likeness (QED) is 0.359. The van der Waals surface area contributed by atoms with E-state index < -0.39 is 0 Å². The van der Waals surface area contributed by atoms with Gasteiger partial charge in [-0.15, -0.1) is 0 Å². The van der Waals surface area contributed by atoms with E-state index in [9.17, 15) is 0 Å². The molecule has 3 aromatic carbocycles. The van der Waals surface area contributed by atoms with Crippen LogP contribution in [0.15, 0.2) is 83.3 Å². The Morgan fingerprint density at radius 2 is 1.14 bits per heavy atom. The lowest BCUT2D eigenvalue weighted by atomic mass is 10.0. The van der Waals surface area contributed by atoms with Gasteiger partial charge in [-0.25, -0.2) is 0 Å². The molecule has 0 aliphatic heterocycles. The normalized spacial score (nSPS) is 11.0. The summed E-state index contributed by atoms with van der Waals surface area (Å²) in [6, 6.07) is 27.0. The van der Waals surface area contributed by atoms with Gasteiger partial charge in [0.15, 0.2) is 0 Å². The summed E-state index contributed by atoms with van der Waals surface area (Å²) >= 11 is 2.35. The van der Waals surface area contributed by atoms with Crippen LogP contribution >= 0.6 is 22.6 Å². The highest BCUT2D eigenvalue weighted by atomic mass is 127. The smallest absolute Gasteiger partial charge is 0.142 e. The molecule has 2 heteroatoms. The fraction of sp³-hybridized carbons (Fsp3) is 0. The molecule has 4 rings (SSSR count). The zero-order valence-corrected chi connectivity index (χ0v) is 13.9. The average molecular weight is 396 g/mol. The van der Waals surface area contributed by atoms with E-state index in [0.717, 1.165) is 33.4 Å². The molecule has 0 N–H and O–H groups in total. The van der Waals surface area contributed by atoms with Crippen LogP contribution in [0.1, 0.15) is 0 Å². The van der Waals surface area contributed by atoms with Crippen LogP contribution in [0.5, 0.6) is 0 Å². The third-order valence-corrected chi connectivity index (χ3v) is 4.42. The highest BCUT2D eigenvalue weighted by Gasteiger charge is 2.16.